The monoisotopic (exact) mass is 239 g/mol. The first-order valence-corrected chi connectivity index (χ1v) is 5.84. The molecule has 1 rings (SSSR count). The summed E-state index contributed by atoms with van der Waals surface area (Å²) in [5, 5.41) is 3.17. The number of nitrogens with zero attached hydrogens (tertiary/aromatic N) is 2. The molecule has 1 atom stereocenters. The summed E-state index contributed by atoms with van der Waals surface area (Å²) in [5.41, 5.74) is 0.939. The lowest BCUT2D eigenvalue weighted by Crippen LogP contribution is -2.16. The molecule has 1 N–H and O–H groups in total. The molecule has 5 nitrogen and oxygen atoms in total. The minimum Gasteiger partial charge on any atom is -0.382 e. The van der Waals surface area contributed by atoms with Crippen LogP contribution < -0.4 is 5.32 Å². The second-order valence-corrected chi connectivity index (χ2v) is 3.92. The zero-order chi connectivity index (χ0) is 12.7. The van der Waals surface area contributed by atoms with Gasteiger partial charge in [0.2, 0.25) is 0 Å². The molecule has 0 bridgehead atoms. The van der Waals surface area contributed by atoms with Crippen LogP contribution in [0.15, 0.2) is 6.07 Å². The van der Waals surface area contributed by atoms with Crippen molar-refractivity contribution < 1.29 is 9.47 Å². The molecule has 1 heterocycles. The zero-order valence-corrected chi connectivity index (χ0v) is 11.0. The third-order valence-electron chi connectivity index (χ3n) is 2.16. The van der Waals surface area contributed by atoms with Gasteiger partial charge in [0, 0.05) is 25.4 Å². The molecule has 1 aromatic heterocycles. The molecule has 0 aliphatic carbocycles. The average molecular weight is 239 g/mol. The van der Waals surface area contributed by atoms with E-state index in [0.717, 1.165) is 18.1 Å². The van der Waals surface area contributed by atoms with Crippen LogP contribution >= 0.6 is 0 Å². The van der Waals surface area contributed by atoms with E-state index in [4.69, 9.17) is 9.47 Å². The van der Waals surface area contributed by atoms with Gasteiger partial charge in [-0.1, -0.05) is 0 Å². The summed E-state index contributed by atoms with van der Waals surface area (Å²) in [6.07, 6.45) is 0.0479. The molecule has 5 heteroatoms. The van der Waals surface area contributed by atoms with Gasteiger partial charge < -0.3 is 14.8 Å². The van der Waals surface area contributed by atoms with E-state index in [9.17, 15) is 0 Å². The van der Waals surface area contributed by atoms with Crippen LogP contribution in [0.3, 0.4) is 0 Å². The normalized spacial score (nSPS) is 12.5. The summed E-state index contributed by atoms with van der Waals surface area (Å²) in [6.45, 7) is 7.77. The third-order valence-corrected chi connectivity index (χ3v) is 2.16. The Balaban J connectivity index is 2.57. The maximum atomic E-state index is 5.58. The largest absolute Gasteiger partial charge is 0.382 e. The first-order valence-electron chi connectivity index (χ1n) is 5.84. The molecule has 1 unspecified atom stereocenters. The number of anilines is 1. The SMILES string of the molecule is CCNc1cc(C)nc(COC(C)COC)n1. The lowest BCUT2D eigenvalue weighted by molar-refractivity contribution is -0.00273. The van der Waals surface area contributed by atoms with Crippen LogP contribution in [-0.2, 0) is 16.1 Å². The molecule has 0 saturated carbocycles. The van der Waals surface area contributed by atoms with E-state index in [0.29, 0.717) is 19.0 Å². The van der Waals surface area contributed by atoms with Crippen LogP contribution in [0.4, 0.5) is 5.82 Å². The highest BCUT2D eigenvalue weighted by Gasteiger charge is 2.05. The molecule has 0 saturated heterocycles. The predicted octanol–water partition coefficient (Wildman–Crippen LogP) is 1.77. The Morgan fingerprint density at radius 2 is 2.18 bits per heavy atom. The smallest absolute Gasteiger partial charge is 0.156 e. The first-order chi connectivity index (χ1) is 8.15. The number of hydrogen-bond donors (Lipinski definition) is 1. The van der Waals surface area contributed by atoms with Gasteiger partial charge in [0.05, 0.1) is 12.7 Å². The number of rotatable bonds is 7. The summed E-state index contributed by atoms with van der Waals surface area (Å²) in [7, 11) is 1.66. The Labute approximate surface area is 103 Å². The molecule has 0 fully saturated rings. The highest BCUT2D eigenvalue weighted by atomic mass is 16.5. The Bertz CT molecular complexity index is 345. The van der Waals surface area contributed by atoms with Gasteiger partial charge in [-0.2, -0.15) is 0 Å². The van der Waals surface area contributed by atoms with Crippen molar-refractivity contribution in [2.24, 2.45) is 0 Å². The molecular weight excluding hydrogens is 218 g/mol. The minimum atomic E-state index is 0.0479. The maximum absolute atomic E-state index is 5.58. The second kappa shape index (κ2) is 7.19. The standard InChI is InChI=1S/C12H21N3O2/c1-5-13-11-6-9(2)14-12(15-11)8-17-10(3)7-16-4/h6,10H,5,7-8H2,1-4H3,(H,13,14,15). The molecule has 0 aliphatic heterocycles. The van der Waals surface area contributed by atoms with E-state index in [1.54, 1.807) is 7.11 Å². The summed E-state index contributed by atoms with van der Waals surface area (Å²) < 4.78 is 10.6. The number of aryl methyl sites for hydroxylation is 1. The number of aromatic nitrogens is 2. The number of hydrogen-bond acceptors (Lipinski definition) is 5. The van der Waals surface area contributed by atoms with Crippen LogP contribution in [0.2, 0.25) is 0 Å². The van der Waals surface area contributed by atoms with Gasteiger partial charge in [-0.15, -0.1) is 0 Å². The highest BCUT2D eigenvalue weighted by Crippen LogP contribution is 2.07. The number of ether oxygens (including phenoxy) is 2. The van der Waals surface area contributed by atoms with Crippen LogP contribution in [0.5, 0.6) is 0 Å². The quantitative estimate of drug-likeness (QED) is 0.786. The molecule has 0 amide bonds. The summed E-state index contributed by atoms with van der Waals surface area (Å²) in [5.74, 6) is 1.54. The Kier molecular flexibility index (Phi) is 5.86. The van der Waals surface area contributed by atoms with Crippen molar-refractivity contribution in [2.75, 3.05) is 25.6 Å². The van der Waals surface area contributed by atoms with Gasteiger partial charge in [-0.05, 0) is 20.8 Å². The molecule has 0 radical (unpaired) electrons. The number of nitrogens with one attached hydrogen (secondary N) is 1. The Morgan fingerprint density at radius 3 is 2.82 bits per heavy atom. The molecule has 0 aliphatic rings. The second-order valence-electron chi connectivity index (χ2n) is 3.92. The average Bonchev–Trinajstić information content (AvgIpc) is 2.26. The molecule has 1 aromatic rings. The van der Waals surface area contributed by atoms with E-state index in [1.165, 1.54) is 0 Å². The minimum absolute atomic E-state index is 0.0479. The molecule has 17 heavy (non-hydrogen) atoms. The predicted molar refractivity (Wildman–Crippen MR) is 67.1 cm³/mol. The summed E-state index contributed by atoms with van der Waals surface area (Å²) in [6, 6.07) is 1.92. The van der Waals surface area contributed by atoms with Crippen LogP contribution in [0.1, 0.15) is 25.4 Å². The molecular formula is C12H21N3O2. The third kappa shape index (κ3) is 5.10. The zero-order valence-electron chi connectivity index (χ0n) is 11.0. The molecule has 0 spiro atoms. The topological polar surface area (TPSA) is 56.3 Å². The van der Waals surface area contributed by atoms with Gasteiger partial charge in [-0.3, -0.25) is 0 Å². The van der Waals surface area contributed by atoms with Gasteiger partial charge in [0.15, 0.2) is 5.82 Å². The van der Waals surface area contributed by atoms with Crippen molar-refractivity contribution in [3.63, 3.8) is 0 Å². The van der Waals surface area contributed by atoms with E-state index in [2.05, 4.69) is 15.3 Å². The van der Waals surface area contributed by atoms with E-state index in [-0.39, 0.29) is 6.10 Å². The Hall–Kier alpha value is -1.20. The highest BCUT2D eigenvalue weighted by molar-refractivity contribution is 5.35. The first kappa shape index (κ1) is 13.9. The van der Waals surface area contributed by atoms with E-state index < -0.39 is 0 Å². The Morgan fingerprint density at radius 1 is 1.41 bits per heavy atom. The van der Waals surface area contributed by atoms with Crippen molar-refractivity contribution >= 4 is 5.82 Å². The summed E-state index contributed by atoms with van der Waals surface area (Å²) in [4.78, 5) is 8.70. The van der Waals surface area contributed by atoms with Crippen LogP contribution in [-0.4, -0.2) is 36.3 Å². The van der Waals surface area contributed by atoms with Crippen molar-refractivity contribution in [1.29, 1.82) is 0 Å². The van der Waals surface area contributed by atoms with Crippen molar-refractivity contribution in [2.45, 2.75) is 33.5 Å². The van der Waals surface area contributed by atoms with Crippen LogP contribution in [0.25, 0.3) is 0 Å². The van der Waals surface area contributed by atoms with Crippen molar-refractivity contribution in [3.8, 4) is 0 Å². The summed E-state index contributed by atoms with van der Waals surface area (Å²) >= 11 is 0. The fourth-order valence-corrected chi connectivity index (χ4v) is 1.47. The van der Waals surface area contributed by atoms with Gasteiger partial charge in [0.1, 0.15) is 12.4 Å². The van der Waals surface area contributed by atoms with E-state index in [1.807, 2.05) is 26.8 Å². The molecule has 96 valence electrons. The van der Waals surface area contributed by atoms with Crippen molar-refractivity contribution in [3.05, 3.63) is 17.6 Å². The van der Waals surface area contributed by atoms with Crippen molar-refractivity contribution in [1.82, 2.24) is 9.97 Å². The van der Waals surface area contributed by atoms with Crippen LogP contribution in [0, 0.1) is 6.92 Å². The fourth-order valence-electron chi connectivity index (χ4n) is 1.47. The van der Waals surface area contributed by atoms with Gasteiger partial charge in [-0.25, -0.2) is 9.97 Å². The fraction of sp³-hybridized carbons (Fsp3) is 0.667. The number of methoxy groups -OCH3 is 1. The lowest BCUT2D eigenvalue weighted by Gasteiger charge is -2.12. The van der Waals surface area contributed by atoms with Gasteiger partial charge in [0.25, 0.3) is 0 Å². The molecule has 0 aromatic carbocycles. The van der Waals surface area contributed by atoms with Gasteiger partial charge >= 0.3 is 0 Å². The maximum Gasteiger partial charge on any atom is 0.156 e. The van der Waals surface area contributed by atoms with E-state index >= 15 is 0 Å². The lowest BCUT2D eigenvalue weighted by atomic mass is 10.4.